The van der Waals surface area contributed by atoms with Crippen molar-refractivity contribution in [3.63, 3.8) is 0 Å². The van der Waals surface area contributed by atoms with Gasteiger partial charge in [-0.05, 0) is 0 Å². The van der Waals surface area contributed by atoms with Crippen molar-refractivity contribution >= 4 is 36.2 Å². The molecule has 3 heteroatoms. The predicted molar refractivity (Wildman–Crippen MR) is 46.9 cm³/mol. The summed E-state index contributed by atoms with van der Waals surface area (Å²) in [7, 11) is 0. The molecule has 0 saturated carbocycles. The summed E-state index contributed by atoms with van der Waals surface area (Å²) >= 11 is 8.16. The molecule has 8 heavy (non-hydrogen) atoms. The average Bonchev–Trinajstić information content (AvgIpc) is 1.90. The smallest absolute Gasteiger partial charge is 0.0265 e. The summed E-state index contributed by atoms with van der Waals surface area (Å²) in [5.74, 6) is 5.76. The van der Waals surface area contributed by atoms with Crippen LogP contribution >= 0.6 is 36.2 Å². The van der Waals surface area contributed by atoms with Gasteiger partial charge in [-0.1, -0.05) is 0 Å². The molecule has 47 valence electrons. The van der Waals surface area contributed by atoms with Crippen LogP contribution in [0.4, 0.5) is 0 Å². The van der Waals surface area contributed by atoms with Crippen molar-refractivity contribution in [2.45, 2.75) is 5.25 Å². The Morgan fingerprint density at radius 3 is 3.00 bits per heavy atom. The zero-order chi connectivity index (χ0) is 5.82. The summed E-state index contributed by atoms with van der Waals surface area (Å²) in [5.41, 5.74) is 0. The molecular formula is C5H9S3. The Bertz CT molecular complexity index is 58.7. The van der Waals surface area contributed by atoms with Crippen LogP contribution in [0.3, 0.4) is 0 Å². The van der Waals surface area contributed by atoms with Crippen LogP contribution in [0.5, 0.6) is 0 Å². The van der Waals surface area contributed by atoms with Crippen molar-refractivity contribution in [3.8, 4) is 0 Å². The van der Waals surface area contributed by atoms with E-state index in [-0.39, 0.29) is 0 Å². The minimum Gasteiger partial charge on any atom is -0.178 e. The summed E-state index contributed by atoms with van der Waals surface area (Å²) in [5, 5.41) is 0.799. The van der Waals surface area contributed by atoms with Gasteiger partial charge in [0.05, 0.1) is 0 Å². The molecule has 1 atom stereocenters. The molecular weight excluding hydrogens is 156 g/mol. The van der Waals surface area contributed by atoms with Gasteiger partial charge in [-0.3, -0.25) is 0 Å². The molecule has 1 fully saturated rings. The monoisotopic (exact) mass is 165 g/mol. The Morgan fingerprint density at radius 1 is 1.75 bits per heavy atom. The molecule has 0 bridgehead atoms. The summed E-state index contributed by atoms with van der Waals surface area (Å²) in [4.78, 5) is 0. The fraction of sp³-hybridized carbons (Fsp3) is 0.800. The van der Waals surface area contributed by atoms with Gasteiger partial charge < -0.3 is 0 Å². The molecule has 0 aromatic heterocycles. The first-order valence-electron chi connectivity index (χ1n) is 2.59. The van der Waals surface area contributed by atoms with Crippen LogP contribution in [0.25, 0.3) is 0 Å². The molecule has 1 rings (SSSR count). The van der Waals surface area contributed by atoms with E-state index in [0.717, 1.165) is 11.0 Å². The second-order valence-electron chi connectivity index (χ2n) is 1.64. The lowest BCUT2D eigenvalue weighted by molar-refractivity contribution is 1.15. The first-order chi connectivity index (χ1) is 3.93. The lowest BCUT2D eigenvalue weighted by Crippen LogP contribution is -2.12. The standard InChI is InChI=1S/C5H9S3/c6-3-5-4-7-1-2-8-5/h1,5-6H,2-4H2. The SMILES string of the molecule is SCC1CS[CH]CS1. The third kappa shape index (κ3) is 2.11. The zero-order valence-electron chi connectivity index (χ0n) is 4.54. The van der Waals surface area contributed by atoms with Gasteiger partial charge in [-0.15, -0.1) is 0 Å². The fourth-order valence-electron chi connectivity index (χ4n) is 0.552. The minimum absolute atomic E-state index is 0.799. The topological polar surface area (TPSA) is 0 Å². The average molecular weight is 165 g/mol. The van der Waals surface area contributed by atoms with Gasteiger partial charge in [0, 0.05) is 28.3 Å². The molecule has 0 spiro atoms. The molecule has 0 nitrogen and oxygen atoms in total. The highest BCUT2D eigenvalue weighted by atomic mass is 32.2. The molecule has 1 aliphatic heterocycles. The molecule has 1 saturated heterocycles. The molecule has 1 unspecified atom stereocenters. The zero-order valence-corrected chi connectivity index (χ0v) is 7.07. The van der Waals surface area contributed by atoms with Gasteiger partial charge in [0.25, 0.3) is 0 Å². The van der Waals surface area contributed by atoms with Gasteiger partial charge in [0.1, 0.15) is 0 Å². The highest BCUT2D eigenvalue weighted by Gasteiger charge is 2.11. The molecule has 0 aromatic rings. The molecule has 0 N–H and O–H groups in total. The van der Waals surface area contributed by atoms with Crippen LogP contribution in [0.15, 0.2) is 0 Å². The van der Waals surface area contributed by atoms with Crippen molar-refractivity contribution in [2.24, 2.45) is 0 Å². The largest absolute Gasteiger partial charge is 0.178 e. The van der Waals surface area contributed by atoms with Crippen molar-refractivity contribution in [1.82, 2.24) is 0 Å². The lowest BCUT2D eigenvalue weighted by Gasteiger charge is -2.17. The van der Waals surface area contributed by atoms with E-state index in [4.69, 9.17) is 0 Å². The van der Waals surface area contributed by atoms with E-state index >= 15 is 0 Å². The molecule has 1 aliphatic rings. The first kappa shape index (κ1) is 7.16. The number of hydrogen-bond donors (Lipinski definition) is 1. The van der Waals surface area contributed by atoms with E-state index in [1.807, 2.05) is 23.5 Å². The Balaban J connectivity index is 2.13. The van der Waals surface area contributed by atoms with E-state index in [1.54, 1.807) is 0 Å². The van der Waals surface area contributed by atoms with E-state index < -0.39 is 0 Å². The third-order valence-corrected chi connectivity index (χ3v) is 4.27. The van der Waals surface area contributed by atoms with E-state index in [1.165, 1.54) is 11.5 Å². The second-order valence-corrected chi connectivity index (χ2v) is 4.34. The van der Waals surface area contributed by atoms with Gasteiger partial charge in [-0.2, -0.15) is 36.2 Å². The fourth-order valence-corrected chi connectivity index (χ4v) is 3.34. The minimum atomic E-state index is 0.799. The summed E-state index contributed by atoms with van der Waals surface area (Å²) in [6.45, 7) is 0. The van der Waals surface area contributed by atoms with Crippen molar-refractivity contribution in [1.29, 1.82) is 0 Å². The molecule has 0 aromatic carbocycles. The van der Waals surface area contributed by atoms with Crippen LogP contribution < -0.4 is 0 Å². The van der Waals surface area contributed by atoms with Crippen molar-refractivity contribution in [3.05, 3.63) is 5.75 Å². The highest BCUT2D eigenvalue weighted by Crippen LogP contribution is 2.27. The maximum absolute atomic E-state index is 4.22. The molecule has 1 radical (unpaired) electrons. The van der Waals surface area contributed by atoms with Crippen LogP contribution in [-0.4, -0.2) is 22.5 Å². The van der Waals surface area contributed by atoms with Crippen LogP contribution in [0, 0.1) is 5.75 Å². The normalized spacial score (nSPS) is 30.4. The van der Waals surface area contributed by atoms with Crippen LogP contribution in [-0.2, 0) is 0 Å². The Hall–Kier alpha value is 1.05. The number of rotatable bonds is 1. The van der Waals surface area contributed by atoms with Crippen LogP contribution in [0.2, 0.25) is 0 Å². The van der Waals surface area contributed by atoms with Gasteiger partial charge in [0.2, 0.25) is 0 Å². The van der Waals surface area contributed by atoms with E-state index in [0.29, 0.717) is 0 Å². The first-order valence-corrected chi connectivity index (χ1v) is 5.32. The van der Waals surface area contributed by atoms with E-state index in [9.17, 15) is 0 Å². The molecule has 0 aliphatic carbocycles. The Kier molecular flexibility index (Phi) is 3.55. The number of thioether (sulfide) groups is 2. The number of hydrogen-bond acceptors (Lipinski definition) is 3. The summed E-state index contributed by atoms with van der Waals surface area (Å²) in [6.07, 6.45) is 0. The van der Waals surface area contributed by atoms with Gasteiger partial charge in [-0.25, -0.2) is 0 Å². The maximum Gasteiger partial charge on any atom is 0.0265 e. The highest BCUT2D eigenvalue weighted by molar-refractivity contribution is 8.08. The molecule has 0 amide bonds. The summed E-state index contributed by atoms with van der Waals surface area (Å²) < 4.78 is 0. The number of thiol groups is 1. The maximum atomic E-state index is 4.22. The Labute approximate surface area is 64.6 Å². The van der Waals surface area contributed by atoms with Gasteiger partial charge >= 0.3 is 0 Å². The van der Waals surface area contributed by atoms with Crippen molar-refractivity contribution in [2.75, 3.05) is 17.3 Å². The molecule has 1 heterocycles. The van der Waals surface area contributed by atoms with Gasteiger partial charge in [0.15, 0.2) is 0 Å². The summed E-state index contributed by atoms with van der Waals surface area (Å²) in [6, 6.07) is 0. The van der Waals surface area contributed by atoms with E-state index in [2.05, 4.69) is 18.4 Å². The second kappa shape index (κ2) is 3.96. The Morgan fingerprint density at radius 2 is 2.62 bits per heavy atom. The lowest BCUT2D eigenvalue weighted by atomic mass is 10.5. The quantitative estimate of drug-likeness (QED) is 0.590. The third-order valence-electron chi connectivity index (χ3n) is 1.00. The van der Waals surface area contributed by atoms with Crippen LogP contribution in [0.1, 0.15) is 0 Å². The predicted octanol–water partition coefficient (Wildman–Crippen LogP) is 1.93. The van der Waals surface area contributed by atoms with Crippen molar-refractivity contribution < 1.29 is 0 Å².